The molecule has 0 bridgehead atoms. The molecular formula is C29H35N3O5S. The molecule has 3 rings (SSSR count). The first-order valence-electron chi connectivity index (χ1n) is 12.4. The van der Waals surface area contributed by atoms with Crippen molar-refractivity contribution in [2.24, 2.45) is 0 Å². The Morgan fingerprint density at radius 2 is 1.58 bits per heavy atom. The van der Waals surface area contributed by atoms with Crippen LogP contribution in [0.25, 0.3) is 0 Å². The smallest absolute Gasteiger partial charge is 0.264 e. The molecule has 38 heavy (non-hydrogen) atoms. The Labute approximate surface area is 225 Å². The summed E-state index contributed by atoms with van der Waals surface area (Å²) >= 11 is 0. The second-order valence-corrected chi connectivity index (χ2v) is 11.2. The molecule has 0 aromatic heterocycles. The van der Waals surface area contributed by atoms with Crippen LogP contribution in [-0.2, 0) is 26.2 Å². The minimum Gasteiger partial charge on any atom is -0.497 e. The first kappa shape index (κ1) is 28.7. The number of nitrogens with one attached hydrogen (secondary N) is 1. The molecule has 0 saturated carbocycles. The SMILES string of the molecule is COc1cccc(N(CC(=O)N(Cc2ccccc2C)[C@@H](C)C(=O)NC(C)C)S(=O)(=O)c2ccccc2)c1. The molecule has 8 nitrogen and oxygen atoms in total. The van der Waals surface area contributed by atoms with Gasteiger partial charge < -0.3 is 15.0 Å². The molecule has 0 aliphatic heterocycles. The average molecular weight is 538 g/mol. The van der Waals surface area contributed by atoms with Crippen LogP contribution in [0.1, 0.15) is 31.9 Å². The van der Waals surface area contributed by atoms with Crippen LogP contribution in [0.2, 0.25) is 0 Å². The number of benzene rings is 3. The van der Waals surface area contributed by atoms with Gasteiger partial charge in [-0.15, -0.1) is 0 Å². The van der Waals surface area contributed by atoms with Gasteiger partial charge in [0.2, 0.25) is 11.8 Å². The molecule has 3 aromatic rings. The molecule has 0 saturated heterocycles. The molecule has 0 unspecified atom stereocenters. The molecule has 0 heterocycles. The van der Waals surface area contributed by atoms with Gasteiger partial charge in [-0.2, -0.15) is 0 Å². The van der Waals surface area contributed by atoms with E-state index < -0.39 is 28.5 Å². The Kier molecular flexibility index (Phi) is 9.52. The maximum absolute atomic E-state index is 13.9. The lowest BCUT2D eigenvalue weighted by molar-refractivity contribution is -0.139. The third kappa shape index (κ3) is 6.92. The van der Waals surface area contributed by atoms with Crippen LogP contribution in [0.5, 0.6) is 5.75 Å². The highest BCUT2D eigenvalue weighted by Crippen LogP contribution is 2.27. The van der Waals surface area contributed by atoms with Gasteiger partial charge in [-0.25, -0.2) is 8.42 Å². The molecule has 2 amide bonds. The lowest BCUT2D eigenvalue weighted by Crippen LogP contribution is -2.52. The van der Waals surface area contributed by atoms with Crippen molar-refractivity contribution in [2.45, 2.75) is 51.2 Å². The minimum atomic E-state index is -4.12. The summed E-state index contributed by atoms with van der Waals surface area (Å²) in [6, 6.07) is 21.1. The Morgan fingerprint density at radius 3 is 2.21 bits per heavy atom. The van der Waals surface area contributed by atoms with E-state index in [1.807, 2.05) is 45.0 Å². The number of hydrogen-bond acceptors (Lipinski definition) is 5. The van der Waals surface area contributed by atoms with Crippen LogP contribution in [-0.4, -0.2) is 50.9 Å². The molecule has 202 valence electrons. The zero-order chi connectivity index (χ0) is 27.9. The number of aryl methyl sites for hydroxylation is 1. The van der Waals surface area contributed by atoms with E-state index in [1.54, 1.807) is 49.4 Å². The van der Waals surface area contributed by atoms with Crippen molar-refractivity contribution in [3.63, 3.8) is 0 Å². The van der Waals surface area contributed by atoms with E-state index in [2.05, 4.69) is 5.32 Å². The van der Waals surface area contributed by atoms with Gasteiger partial charge in [0, 0.05) is 18.7 Å². The molecule has 3 aromatic carbocycles. The van der Waals surface area contributed by atoms with Crippen molar-refractivity contribution in [3.05, 3.63) is 90.0 Å². The first-order valence-corrected chi connectivity index (χ1v) is 13.8. The molecule has 9 heteroatoms. The van der Waals surface area contributed by atoms with Crippen molar-refractivity contribution in [1.82, 2.24) is 10.2 Å². The van der Waals surface area contributed by atoms with E-state index in [0.29, 0.717) is 5.75 Å². The van der Waals surface area contributed by atoms with Gasteiger partial charge in [0.1, 0.15) is 18.3 Å². The second-order valence-electron chi connectivity index (χ2n) is 9.31. The number of amides is 2. The van der Waals surface area contributed by atoms with Gasteiger partial charge >= 0.3 is 0 Å². The fourth-order valence-electron chi connectivity index (χ4n) is 3.97. The number of anilines is 1. The number of nitrogens with zero attached hydrogens (tertiary/aromatic N) is 2. The largest absolute Gasteiger partial charge is 0.497 e. The standard InChI is InChI=1S/C29H35N3O5S/c1-21(2)30-29(34)23(4)31(19-24-13-10-9-12-22(24)3)28(33)20-32(25-14-11-15-26(18-25)37-5)38(35,36)27-16-7-6-8-17-27/h6-18,21,23H,19-20H2,1-5H3,(H,30,34)/t23-/m0/s1. The Balaban J connectivity index is 2.05. The van der Waals surface area contributed by atoms with Crippen molar-refractivity contribution in [2.75, 3.05) is 18.0 Å². The van der Waals surface area contributed by atoms with Crippen molar-refractivity contribution in [3.8, 4) is 5.75 Å². The summed E-state index contributed by atoms with van der Waals surface area (Å²) in [6.07, 6.45) is 0. The number of carbonyl (C=O) groups excluding carboxylic acids is 2. The zero-order valence-electron chi connectivity index (χ0n) is 22.4. The average Bonchev–Trinajstić information content (AvgIpc) is 2.90. The van der Waals surface area contributed by atoms with Crippen LogP contribution in [0, 0.1) is 6.92 Å². The lowest BCUT2D eigenvalue weighted by Gasteiger charge is -2.32. The molecule has 0 aliphatic rings. The number of carbonyl (C=O) groups is 2. The molecule has 1 N–H and O–H groups in total. The molecule has 1 atom stereocenters. The summed E-state index contributed by atoms with van der Waals surface area (Å²) in [5, 5.41) is 2.85. The quantitative estimate of drug-likeness (QED) is 0.397. The third-order valence-corrected chi connectivity index (χ3v) is 7.94. The van der Waals surface area contributed by atoms with Gasteiger partial charge in [-0.05, 0) is 63.1 Å². The van der Waals surface area contributed by atoms with Gasteiger partial charge in [0.05, 0.1) is 17.7 Å². The fraction of sp³-hybridized carbons (Fsp3) is 0.310. The van der Waals surface area contributed by atoms with E-state index in [0.717, 1.165) is 15.4 Å². The maximum Gasteiger partial charge on any atom is 0.264 e. The minimum absolute atomic E-state index is 0.0478. The summed E-state index contributed by atoms with van der Waals surface area (Å²) in [5.41, 5.74) is 2.10. The number of rotatable bonds is 11. The summed E-state index contributed by atoms with van der Waals surface area (Å²) in [6.45, 7) is 6.91. The monoisotopic (exact) mass is 537 g/mol. The number of ether oxygens (including phenoxy) is 1. The van der Waals surface area contributed by atoms with Crippen molar-refractivity contribution in [1.29, 1.82) is 0 Å². The number of hydrogen-bond donors (Lipinski definition) is 1. The molecular weight excluding hydrogens is 502 g/mol. The highest BCUT2D eigenvalue weighted by Gasteiger charge is 2.33. The van der Waals surface area contributed by atoms with Crippen molar-refractivity contribution < 1.29 is 22.7 Å². The predicted molar refractivity (Wildman–Crippen MR) is 148 cm³/mol. The maximum atomic E-state index is 13.9. The molecule has 0 radical (unpaired) electrons. The van der Waals surface area contributed by atoms with Crippen LogP contribution in [0.4, 0.5) is 5.69 Å². The fourth-order valence-corrected chi connectivity index (χ4v) is 5.40. The number of methoxy groups -OCH3 is 1. The first-order chi connectivity index (χ1) is 18.0. The van der Waals surface area contributed by atoms with Gasteiger partial charge in [-0.1, -0.05) is 48.5 Å². The summed E-state index contributed by atoms with van der Waals surface area (Å²) < 4.78 is 33.9. The summed E-state index contributed by atoms with van der Waals surface area (Å²) in [4.78, 5) is 28.4. The summed E-state index contributed by atoms with van der Waals surface area (Å²) in [5.74, 6) is -0.382. The van der Waals surface area contributed by atoms with Crippen LogP contribution in [0.15, 0.2) is 83.8 Å². The molecule has 0 spiro atoms. The van der Waals surface area contributed by atoms with Crippen LogP contribution in [0.3, 0.4) is 0 Å². The van der Waals surface area contributed by atoms with E-state index in [4.69, 9.17) is 4.74 Å². The van der Waals surface area contributed by atoms with E-state index in [-0.39, 0.29) is 29.1 Å². The van der Waals surface area contributed by atoms with Gasteiger partial charge in [0.25, 0.3) is 10.0 Å². The predicted octanol–water partition coefficient (Wildman–Crippen LogP) is 4.14. The third-order valence-electron chi connectivity index (χ3n) is 6.15. The Bertz CT molecular complexity index is 1360. The topological polar surface area (TPSA) is 96.0 Å². The molecule has 0 aliphatic carbocycles. The van der Waals surface area contributed by atoms with Gasteiger partial charge in [0.15, 0.2) is 0 Å². The van der Waals surface area contributed by atoms with E-state index in [9.17, 15) is 18.0 Å². The Hall–Kier alpha value is -3.85. The molecule has 0 fully saturated rings. The van der Waals surface area contributed by atoms with E-state index >= 15 is 0 Å². The lowest BCUT2D eigenvalue weighted by atomic mass is 10.1. The second kappa shape index (κ2) is 12.6. The normalized spacial score (nSPS) is 12.1. The Morgan fingerprint density at radius 1 is 0.921 bits per heavy atom. The van der Waals surface area contributed by atoms with Gasteiger partial charge in [-0.3, -0.25) is 13.9 Å². The summed E-state index contributed by atoms with van der Waals surface area (Å²) in [7, 11) is -2.64. The van der Waals surface area contributed by atoms with E-state index in [1.165, 1.54) is 24.1 Å². The highest BCUT2D eigenvalue weighted by atomic mass is 32.2. The zero-order valence-corrected chi connectivity index (χ0v) is 23.2. The highest BCUT2D eigenvalue weighted by molar-refractivity contribution is 7.92. The van der Waals surface area contributed by atoms with Crippen LogP contribution < -0.4 is 14.4 Å². The van der Waals surface area contributed by atoms with Crippen LogP contribution >= 0.6 is 0 Å². The van der Waals surface area contributed by atoms with Crippen molar-refractivity contribution >= 4 is 27.5 Å². The number of sulfonamides is 1.